The van der Waals surface area contributed by atoms with Gasteiger partial charge in [0, 0.05) is 7.05 Å². The lowest BCUT2D eigenvalue weighted by atomic mass is 9.92. The van der Waals surface area contributed by atoms with Crippen molar-refractivity contribution in [3.63, 3.8) is 0 Å². The summed E-state index contributed by atoms with van der Waals surface area (Å²) >= 11 is 0. The fourth-order valence-electron chi connectivity index (χ4n) is 3.06. The summed E-state index contributed by atoms with van der Waals surface area (Å²) in [6, 6.07) is 7.03. The molecule has 0 bridgehead atoms. The fourth-order valence-corrected chi connectivity index (χ4v) is 3.06. The minimum absolute atomic E-state index is 0.243. The zero-order valence-corrected chi connectivity index (χ0v) is 15.8. The highest BCUT2D eigenvalue weighted by Crippen LogP contribution is 2.29. The van der Waals surface area contributed by atoms with Crippen molar-refractivity contribution in [2.24, 2.45) is 5.92 Å². The number of rotatable bonds is 9. The van der Waals surface area contributed by atoms with Gasteiger partial charge in [-0.3, -0.25) is 9.69 Å². The Balaban J connectivity index is 1.79. The Labute approximate surface area is 150 Å². The zero-order chi connectivity index (χ0) is 18.4. The van der Waals surface area contributed by atoms with Crippen LogP contribution in [0.4, 0.5) is 4.79 Å². The molecule has 3 amide bonds. The molecule has 1 saturated heterocycles. The molecule has 1 heterocycles. The number of ether oxygens (including phenoxy) is 1. The first-order valence-electron chi connectivity index (χ1n) is 9.18. The molecule has 5 nitrogen and oxygen atoms in total. The number of likely N-dealkylation sites (N-methyl/N-ethyl adjacent to an activating group) is 1. The number of carbonyl (C=O) groups excluding carboxylic acids is 2. The van der Waals surface area contributed by atoms with Crippen LogP contribution in [0, 0.1) is 5.92 Å². The zero-order valence-electron chi connectivity index (χ0n) is 15.8. The van der Waals surface area contributed by atoms with E-state index in [0.29, 0.717) is 6.61 Å². The summed E-state index contributed by atoms with van der Waals surface area (Å²) in [5, 5.41) is 2.74. The predicted molar refractivity (Wildman–Crippen MR) is 98.5 cm³/mol. The molecule has 0 radical (unpaired) electrons. The summed E-state index contributed by atoms with van der Waals surface area (Å²) in [5.74, 6) is 1.33. The molecule has 138 valence electrons. The number of imide groups is 1. The van der Waals surface area contributed by atoms with Crippen molar-refractivity contribution in [3.8, 4) is 5.75 Å². The third-order valence-corrected chi connectivity index (χ3v) is 4.77. The molecule has 0 aromatic heterocycles. The van der Waals surface area contributed by atoms with Gasteiger partial charge in [-0.1, -0.05) is 51.7 Å². The van der Waals surface area contributed by atoms with Crippen molar-refractivity contribution < 1.29 is 14.3 Å². The first-order chi connectivity index (χ1) is 11.8. The molecule has 0 unspecified atom stereocenters. The SMILES string of the molecule is CC(C)CCCCCCOc1ccc([C@]2(C)NC(=O)N(C)C2=O)cc1. The molecule has 1 aliphatic heterocycles. The number of benzene rings is 1. The maximum absolute atomic E-state index is 12.3. The van der Waals surface area contributed by atoms with Gasteiger partial charge in [0.25, 0.3) is 5.91 Å². The van der Waals surface area contributed by atoms with Gasteiger partial charge < -0.3 is 10.1 Å². The van der Waals surface area contributed by atoms with E-state index in [9.17, 15) is 9.59 Å². The Morgan fingerprint density at radius 1 is 1.08 bits per heavy atom. The van der Waals surface area contributed by atoms with Crippen molar-refractivity contribution in [2.75, 3.05) is 13.7 Å². The third kappa shape index (κ3) is 4.74. The van der Waals surface area contributed by atoms with Crippen LogP contribution in [-0.2, 0) is 10.3 Å². The molecule has 1 N–H and O–H groups in total. The van der Waals surface area contributed by atoms with Gasteiger partial charge in [0.15, 0.2) is 0 Å². The minimum atomic E-state index is -0.999. The molecule has 0 spiro atoms. The number of nitrogens with one attached hydrogen (secondary N) is 1. The van der Waals surface area contributed by atoms with Gasteiger partial charge in [0.05, 0.1) is 6.61 Å². The molecular formula is C20H30N2O3. The van der Waals surface area contributed by atoms with Crippen LogP contribution >= 0.6 is 0 Å². The summed E-state index contributed by atoms with van der Waals surface area (Å²) in [4.78, 5) is 25.1. The molecule has 1 aromatic rings. The average molecular weight is 346 g/mol. The second-order valence-corrected chi connectivity index (χ2v) is 7.39. The highest BCUT2D eigenvalue weighted by molar-refractivity contribution is 6.06. The monoisotopic (exact) mass is 346 g/mol. The molecule has 1 fully saturated rings. The van der Waals surface area contributed by atoms with Crippen LogP contribution < -0.4 is 10.1 Å². The van der Waals surface area contributed by atoms with Crippen molar-refractivity contribution in [1.82, 2.24) is 10.2 Å². The Bertz CT molecular complexity index is 597. The molecular weight excluding hydrogens is 316 g/mol. The van der Waals surface area contributed by atoms with E-state index >= 15 is 0 Å². The Kier molecular flexibility index (Phi) is 6.45. The lowest BCUT2D eigenvalue weighted by molar-refractivity contribution is -0.130. The van der Waals surface area contributed by atoms with E-state index in [0.717, 1.165) is 28.6 Å². The number of unbranched alkanes of at least 4 members (excludes halogenated alkanes) is 3. The van der Waals surface area contributed by atoms with E-state index in [1.54, 1.807) is 6.92 Å². The number of urea groups is 1. The van der Waals surface area contributed by atoms with Crippen molar-refractivity contribution >= 4 is 11.9 Å². The van der Waals surface area contributed by atoms with E-state index in [2.05, 4.69) is 19.2 Å². The van der Waals surface area contributed by atoms with Gasteiger partial charge in [-0.2, -0.15) is 0 Å². The predicted octanol–water partition coefficient (Wildman–Crippen LogP) is 4.07. The van der Waals surface area contributed by atoms with Crippen molar-refractivity contribution in [3.05, 3.63) is 29.8 Å². The average Bonchev–Trinajstić information content (AvgIpc) is 2.78. The Morgan fingerprint density at radius 2 is 1.72 bits per heavy atom. The quantitative estimate of drug-likeness (QED) is 0.542. The lowest BCUT2D eigenvalue weighted by Gasteiger charge is -2.21. The van der Waals surface area contributed by atoms with E-state index in [1.165, 1.54) is 32.7 Å². The maximum atomic E-state index is 12.3. The topological polar surface area (TPSA) is 58.6 Å². The lowest BCUT2D eigenvalue weighted by Crippen LogP contribution is -2.40. The normalized spacial score (nSPS) is 20.3. The summed E-state index contributed by atoms with van der Waals surface area (Å²) < 4.78 is 5.77. The molecule has 5 heteroatoms. The summed E-state index contributed by atoms with van der Waals surface area (Å²) in [6.07, 6.45) is 6.09. The smallest absolute Gasteiger partial charge is 0.325 e. The molecule has 1 aliphatic rings. The van der Waals surface area contributed by atoms with Crippen molar-refractivity contribution in [2.45, 2.75) is 58.4 Å². The number of amides is 3. The molecule has 0 saturated carbocycles. The van der Waals surface area contributed by atoms with Crippen LogP contribution in [0.1, 0.15) is 58.4 Å². The summed E-state index contributed by atoms with van der Waals surface area (Å²) in [6.45, 7) is 6.95. The molecule has 1 atom stereocenters. The minimum Gasteiger partial charge on any atom is -0.494 e. The van der Waals surface area contributed by atoms with Crippen molar-refractivity contribution in [1.29, 1.82) is 0 Å². The van der Waals surface area contributed by atoms with E-state index in [-0.39, 0.29) is 11.9 Å². The van der Waals surface area contributed by atoms with Crippen LogP contribution in [-0.4, -0.2) is 30.5 Å². The molecule has 1 aromatic carbocycles. The van der Waals surface area contributed by atoms with E-state index < -0.39 is 5.54 Å². The van der Waals surface area contributed by atoms with Crippen LogP contribution in [0.3, 0.4) is 0 Å². The number of nitrogens with zero attached hydrogens (tertiary/aromatic N) is 1. The number of carbonyl (C=O) groups is 2. The van der Waals surface area contributed by atoms with Crippen LogP contribution in [0.15, 0.2) is 24.3 Å². The highest BCUT2D eigenvalue weighted by atomic mass is 16.5. The first-order valence-corrected chi connectivity index (χ1v) is 9.18. The fraction of sp³-hybridized carbons (Fsp3) is 0.600. The maximum Gasteiger partial charge on any atom is 0.325 e. The highest BCUT2D eigenvalue weighted by Gasteiger charge is 2.47. The Hall–Kier alpha value is -2.04. The molecule has 0 aliphatic carbocycles. The van der Waals surface area contributed by atoms with Crippen LogP contribution in [0.2, 0.25) is 0 Å². The molecule has 2 rings (SSSR count). The number of hydrogen-bond acceptors (Lipinski definition) is 3. The van der Waals surface area contributed by atoms with E-state index in [1.807, 2.05) is 24.3 Å². The van der Waals surface area contributed by atoms with Gasteiger partial charge in [-0.15, -0.1) is 0 Å². The summed E-state index contributed by atoms with van der Waals surface area (Å²) in [7, 11) is 1.49. The van der Waals surface area contributed by atoms with Gasteiger partial charge in [0.1, 0.15) is 11.3 Å². The van der Waals surface area contributed by atoms with Gasteiger partial charge in [-0.05, 0) is 37.0 Å². The van der Waals surface area contributed by atoms with Gasteiger partial charge >= 0.3 is 6.03 Å². The van der Waals surface area contributed by atoms with Crippen LogP contribution in [0.5, 0.6) is 5.75 Å². The van der Waals surface area contributed by atoms with E-state index in [4.69, 9.17) is 4.74 Å². The Morgan fingerprint density at radius 3 is 2.28 bits per heavy atom. The van der Waals surface area contributed by atoms with Crippen LogP contribution in [0.25, 0.3) is 0 Å². The number of hydrogen-bond donors (Lipinski definition) is 1. The molecule has 25 heavy (non-hydrogen) atoms. The second-order valence-electron chi connectivity index (χ2n) is 7.39. The second kappa shape index (κ2) is 8.37. The summed E-state index contributed by atoms with van der Waals surface area (Å²) in [5.41, 5.74) is -0.239. The largest absolute Gasteiger partial charge is 0.494 e. The standard InChI is InChI=1S/C20H30N2O3/c1-15(2)9-7-5-6-8-14-25-17-12-10-16(11-13-17)20(3)18(23)22(4)19(24)21-20/h10-13,15H,5-9,14H2,1-4H3,(H,21,24)/t20-/m0/s1. The van der Waals surface area contributed by atoms with Gasteiger partial charge in [-0.25, -0.2) is 4.79 Å². The third-order valence-electron chi connectivity index (χ3n) is 4.77. The first kappa shape index (κ1) is 19.3. The van der Waals surface area contributed by atoms with Gasteiger partial charge in [0.2, 0.25) is 0 Å².